The zero-order valence-electron chi connectivity index (χ0n) is 17.6. The Hall–Kier alpha value is -2.99. The molecular formula is C25H23FN2O3. The summed E-state index contributed by atoms with van der Waals surface area (Å²) in [7, 11) is 0. The Morgan fingerprint density at radius 1 is 1.32 bits per heavy atom. The predicted molar refractivity (Wildman–Crippen MR) is 114 cm³/mol. The molecule has 2 aromatic rings. The van der Waals surface area contributed by atoms with Crippen molar-refractivity contribution in [3.63, 3.8) is 0 Å². The molecule has 1 aromatic heterocycles. The Labute approximate surface area is 179 Å². The van der Waals surface area contributed by atoms with Gasteiger partial charge in [-0.05, 0) is 55.4 Å². The number of halogens is 1. The van der Waals surface area contributed by atoms with Gasteiger partial charge in [-0.3, -0.25) is 0 Å². The molecular weight excluding hydrogens is 395 g/mol. The zero-order valence-corrected chi connectivity index (χ0v) is 17.6. The number of aliphatic hydroxyl groups is 1. The van der Waals surface area contributed by atoms with Gasteiger partial charge < -0.3 is 14.7 Å². The van der Waals surface area contributed by atoms with E-state index in [9.17, 15) is 14.3 Å². The minimum Gasteiger partial charge on any atom is -0.458 e. The Bertz CT molecular complexity index is 1310. The normalized spacial score (nSPS) is 24.1. The van der Waals surface area contributed by atoms with Gasteiger partial charge in [0, 0.05) is 33.9 Å². The van der Waals surface area contributed by atoms with Gasteiger partial charge in [0.1, 0.15) is 12.4 Å². The third-order valence-electron chi connectivity index (χ3n) is 7.44. The monoisotopic (exact) mass is 418 g/mol. The number of cyclic esters (lactones) is 1. The molecule has 1 N–H and O–H groups in total. The van der Waals surface area contributed by atoms with E-state index in [1.807, 2.05) is 13.0 Å². The summed E-state index contributed by atoms with van der Waals surface area (Å²) in [5.74, 6) is -0.853. The van der Waals surface area contributed by atoms with Crippen LogP contribution in [0.3, 0.4) is 0 Å². The third kappa shape index (κ3) is 2.23. The van der Waals surface area contributed by atoms with Crippen LogP contribution >= 0.6 is 0 Å². The Morgan fingerprint density at radius 3 is 2.87 bits per heavy atom. The van der Waals surface area contributed by atoms with Gasteiger partial charge in [-0.15, -0.1) is 0 Å². The number of nitrogens with zero attached hydrogens (tertiary/aromatic N) is 2. The van der Waals surface area contributed by atoms with Crippen molar-refractivity contribution in [3.8, 4) is 0 Å². The van der Waals surface area contributed by atoms with Gasteiger partial charge >= 0.3 is 5.97 Å². The van der Waals surface area contributed by atoms with Crippen LogP contribution in [-0.2, 0) is 28.9 Å². The van der Waals surface area contributed by atoms with Crippen molar-refractivity contribution in [2.24, 2.45) is 0 Å². The van der Waals surface area contributed by atoms with E-state index >= 15 is 0 Å². The van der Waals surface area contributed by atoms with Gasteiger partial charge in [0.2, 0.25) is 0 Å². The first-order valence-corrected chi connectivity index (χ1v) is 10.8. The summed E-state index contributed by atoms with van der Waals surface area (Å²) in [6, 6.07) is 1.54. The number of carbonyl (C=O) groups excluding carboxylic acids is 1. The highest BCUT2D eigenvalue weighted by Gasteiger charge is 2.48. The molecule has 0 radical (unpaired) electrons. The number of rotatable bonds is 1. The fourth-order valence-corrected chi connectivity index (χ4v) is 5.64. The number of hydrogen-bond donors (Lipinski definition) is 1. The average Bonchev–Trinajstić information content (AvgIpc) is 3.14. The number of pyridine rings is 1. The number of benzene rings is 1. The Balaban J connectivity index is 1.63. The molecule has 0 fully saturated rings. The molecule has 0 bridgehead atoms. The molecule has 1 aromatic carbocycles. The zero-order chi connectivity index (χ0) is 21.7. The lowest BCUT2D eigenvalue weighted by Gasteiger charge is -2.39. The molecule has 1 aliphatic carbocycles. The maximum absolute atomic E-state index is 14.6. The Morgan fingerprint density at radius 2 is 2.10 bits per heavy atom. The van der Waals surface area contributed by atoms with Crippen LogP contribution in [0.1, 0.15) is 47.7 Å². The lowest BCUT2D eigenvalue weighted by Crippen LogP contribution is -2.47. The standard InChI is InChI=1S/C25H23FN2O3/c1-4-25(30)18-8-21-23-16(10-28(21)13(3)17(18)11-31-24(25)29)15-7-5-6-14-12(2)19(26)9-20(27-23)22(14)15/h8-9,30H,3-7,10-11H2,1-2H3/t25-/m0/s1. The van der Waals surface area contributed by atoms with E-state index in [-0.39, 0.29) is 18.8 Å². The van der Waals surface area contributed by atoms with Crippen LogP contribution in [0.5, 0.6) is 0 Å². The molecule has 3 aliphatic heterocycles. The second kappa shape index (κ2) is 6.04. The van der Waals surface area contributed by atoms with Crippen molar-refractivity contribution >= 4 is 22.6 Å². The maximum atomic E-state index is 14.6. The van der Waals surface area contributed by atoms with Gasteiger partial charge in [-0.1, -0.05) is 13.5 Å². The molecule has 4 aliphatic rings. The minimum absolute atomic E-state index is 0.1000. The van der Waals surface area contributed by atoms with Gasteiger partial charge in [0.15, 0.2) is 5.60 Å². The number of hydrogen-bond acceptors (Lipinski definition) is 5. The highest BCUT2D eigenvalue weighted by Crippen LogP contribution is 2.48. The van der Waals surface area contributed by atoms with Crippen molar-refractivity contribution < 1.29 is 19.0 Å². The first-order chi connectivity index (χ1) is 14.8. The molecule has 0 spiro atoms. The van der Waals surface area contributed by atoms with Crippen molar-refractivity contribution in [1.29, 1.82) is 0 Å². The molecule has 0 saturated heterocycles. The second-order valence-electron chi connectivity index (χ2n) is 8.87. The van der Waals surface area contributed by atoms with Crippen LogP contribution in [0.25, 0.3) is 16.6 Å². The quantitative estimate of drug-likeness (QED) is 0.713. The van der Waals surface area contributed by atoms with Crippen LogP contribution in [0.4, 0.5) is 4.39 Å². The lowest BCUT2D eigenvalue weighted by atomic mass is 9.82. The van der Waals surface area contributed by atoms with Crippen LogP contribution in [0.15, 0.2) is 35.6 Å². The average molecular weight is 418 g/mol. The maximum Gasteiger partial charge on any atom is 0.343 e. The molecule has 0 saturated carbocycles. The highest BCUT2D eigenvalue weighted by molar-refractivity contribution is 5.94. The topological polar surface area (TPSA) is 62.7 Å². The summed E-state index contributed by atoms with van der Waals surface area (Å²) < 4.78 is 19.9. The largest absolute Gasteiger partial charge is 0.458 e. The van der Waals surface area contributed by atoms with Crippen LogP contribution in [0.2, 0.25) is 0 Å². The van der Waals surface area contributed by atoms with Gasteiger partial charge in [-0.25, -0.2) is 14.2 Å². The third-order valence-corrected chi connectivity index (χ3v) is 7.44. The summed E-state index contributed by atoms with van der Waals surface area (Å²) >= 11 is 0. The van der Waals surface area contributed by atoms with E-state index in [2.05, 4.69) is 11.5 Å². The van der Waals surface area contributed by atoms with E-state index in [0.29, 0.717) is 17.6 Å². The molecule has 0 unspecified atom stereocenters. The van der Waals surface area contributed by atoms with Crippen molar-refractivity contribution in [3.05, 3.63) is 69.3 Å². The summed E-state index contributed by atoms with van der Waals surface area (Å²) in [6.07, 6.45) is 4.85. The molecule has 158 valence electrons. The summed E-state index contributed by atoms with van der Waals surface area (Å²) in [5.41, 5.74) is 6.77. The fourth-order valence-electron chi connectivity index (χ4n) is 5.64. The summed E-state index contributed by atoms with van der Waals surface area (Å²) in [6.45, 7) is 8.61. The van der Waals surface area contributed by atoms with Crippen LogP contribution in [-0.4, -0.2) is 33.2 Å². The Kier molecular flexibility index (Phi) is 3.65. The lowest BCUT2D eigenvalue weighted by molar-refractivity contribution is -0.162. The van der Waals surface area contributed by atoms with Gasteiger partial charge in [0.25, 0.3) is 0 Å². The van der Waals surface area contributed by atoms with E-state index < -0.39 is 11.6 Å². The molecule has 31 heavy (non-hydrogen) atoms. The van der Waals surface area contributed by atoms with Crippen molar-refractivity contribution in [1.82, 2.24) is 9.88 Å². The molecule has 5 nitrogen and oxygen atoms in total. The number of aromatic nitrogens is 1. The van der Waals surface area contributed by atoms with Crippen molar-refractivity contribution in [2.75, 3.05) is 6.61 Å². The number of aryl methyl sites for hydroxylation is 2. The molecule has 4 heterocycles. The summed E-state index contributed by atoms with van der Waals surface area (Å²) in [5, 5.41) is 12.2. The van der Waals surface area contributed by atoms with E-state index in [0.717, 1.165) is 64.0 Å². The molecule has 6 heteroatoms. The SMILES string of the molecule is C=C1C2=C(C=C3c4nc5cc(F)c(C)c6c5c(c4CN13)CCC6)[C@@](O)(CC)C(=O)OC2. The number of ether oxygens (including phenoxy) is 1. The fraction of sp³-hybridized carbons (Fsp3) is 0.360. The second-order valence-corrected chi connectivity index (χ2v) is 8.87. The highest BCUT2D eigenvalue weighted by atomic mass is 19.1. The van der Waals surface area contributed by atoms with Crippen LogP contribution in [0, 0.1) is 12.7 Å². The predicted octanol–water partition coefficient (Wildman–Crippen LogP) is 3.85. The minimum atomic E-state index is -1.69. The summed E-state index contributed by atoms with van der Waals surface area (Å²) in [4.78, 5) is 19.4. The molecule has 0 amide bonds. The smallest absolute Gasteiger partial charge is 0.343 e. The van der Waals surface area contributed by atoms with Crippen molar-refractivity contribution in [2.45, 2.75) is 51.7 Å². The number of esters is 1. The van der Waals surface area contributed by atoms with Gasteiger partial charge in [-0.2, -0.15) is 0 Å². The van der Waals surface area contributed by atoms with E-state index in [4.69, 9.17) is 9.72 Å². The number of fused-ring (bicyclic) bond motifs is 4. The van der Waals surface area contributed by atoms with Gasteiger partial charge in [0.05, 0.1) is 23.5 Å². The van der Waals surface area contributed by atoms with E-state index in [1.54, 1.807) is 6.92 Å². The molecule has 1 atom stereocenters. The van der Waals surface area contributed by atoms with E-state index in [1.165, 1.54) is 11.6 Å². The van der Waals surface area contributed by atoms with Crippen LogP contribution < -0.4 is 0 Å². The number of carbonyl (C=O) groups is 1. The first kappa shape index (κ1) is 18.8. The first-order valence-electron chi connectivity index (χ1n) is 10.8. The molecule has 6 rings (SSSR count).